The third-order valence-electron chi connectivity index (χ3n) is 6.36. The fourth-order valence-corrected chi connectivity index (χ4v) is 7.12. The Morgan fingerprint density at radius 1 is 1.24 bits per heavy atom. The number of benzene rings is 1. The molecule has 1 aromatic carbocycles. The van der Waals surface area contributed by atoms with Crippen LogP contribution in [-0.2, 0) is 15.4 Å². The summed E-state index contributed by atoms with van der Waals surface area (Å²) in [6, 6.07) is 6.43. The van der Waals surface area contributed by atoms with Crippen LogP contribution in [0.25, 0.3) is 0 Å². The zero-order valence-corrected chi connectivity index (χ0v) is 20.8. The number of aliphatic imine (C=N–C) groups is 1. The summed E-state index contributed by atoms with van der Waals surface area (Å²) in [5.41, 5.74) is 5.91. The second-order valence-electron chi connectivity index (χ2n) is 9.00. The van der Waals surface area contributed by atoms with Crippen molar-refractivity contribution in [3.63, 3.8) is 0 Å². The number of pyridine rings is 1. The Bertz CT molecular complexity index is 1300. The Morgan fingerprint density at radius 3 is 2.61 bits per heavy atom. The van der Waals surface area contributed by atoms with Gasteiger partial charge in [-0.15, -0.1) is 0 Å². The van der Waals surface area contributed by atoms with Crippen LogP contribution in [0, 0.1) is 0 Å². The van der Waals surface area contributed by atoms with Gasteiger partial charge in [0.25, 0.3) is 5.91 Å². The van der Waals surface area contributed by atoms with Gasteiger partial charge in [0.2, 0.25) is 0 Å². The molecule has 2 aromatic rings. The Balaban J connectivity index is 1.81. The third-order valence-corrected chi connectivity index (χ3v) is 9.89. The fraction of sp³-hybridized carbons (Fsp3) is 0.409. The average Bonchev–Trinajstić information content (AvgIpc) is 2.81. The van der Waals surface area contributed by atoms with Gasteiger partial charge in [-0.1, -0.05) is 23.2 Å². The number of nitrogens with one attached hydrogen (secondary N) is 1. The van der Waals surface area contributed by atoms with E-state index in [1.165, 1.54) is 12.3 Å². The lowest BCUT2D eigenvalue weighted by atomic mass is 9.85. The molecule has 2 aliphatic heterocycles. The number of carbonyl (C=O) groups is 1. The highest BCUT2D eigenvalue weighted by Crippen LogP contribution is 2.49. The van der Waals surface area contributed by atoms with Crippen LogP contribution in [0.3, 0.4) is 0 Å². The second kappa shape index (κ2) is 7.85. The topological polar surface area (TPSA) is 124 Å². The number of amides is 1. The normalized spacial score (nSPS) is 27.3. The standard InChI is InChI=1S/C22H24Cl2N4O4S/c1-11-7-17-22(4,28-20(25)21(2,3)33(17,30)31)14-9-13(5-6-16(14)32-11)27-19(29)18-15(24)8-12(23)10-26-18/h5-6,8-11,17H,7H2,1-4H3,(H2,25,28)(H,27,29)/t11-,17+,22+/m0/s1. The van der Waals surface area contributed by atoms with Crippen LogP contribution in [0.15, 0.2) is 35.5 Å². The van der Waals surface area contributed by atoms with E-state index in [2.05, 4.69) is 10.3 Å². The highest BCUT2D eigenvalue weighted by Gasteiger charge is 2.58. The van der Waals surface area contributed by atoms with E-state index < -0.39 is 31.3 Å². The molecule has 0 bridgehead atoms. The van der Waals surface area contributed by atoms with Gasteiger partial charge < -0.3 is 15.8 Å². The van der Waals surface area contributed by atoms with Gasteiger partial charge in [-0.25, -0.2) is 13.4 Å². The number of nitrogens with two attached hydrogens (primary N) is 1. The molecular weight excluding hydrogens is 487 g/mol. The molecule has 4 rings (SSSR count). The van der Waals surface area contributed by atoms with Crippen molar-refractivity contribution in [3.05, 3.63) is 51.8 Å². The molecule has 8 nitrogen and oxygen atoms in total. The number of halogens is 2. The molecule has 0 saturated carbocycles. The number of ether oxygens (including phenoxy) is 1. The first-order valence-electron chi connectivity index (χ1n) is 10.3. The van der Waals surface area contributed by atoms with E-state index in [0.29, 0.717) is 22.0 Å². The predicted octanol–water partition coefficient (Wildman–Crippen LogP) is 3.96. The van der Waals surface area contributed by atoms with Crippen molar-refractivity contribution in [2.75, 3.05) is 5.32 Å². The SMILES string of the molecule is C[C@H]1C[C@@H]2[C@](C)(N=C(N)C(C)(C)S2(=O)=O)c2cc(NC(=O)c3ncc(Cl)cc3Cl)ccc2O1. The van der Waals surface area contributed by atoms with Crippen molar-refractivity contribution in [2.24, 2.45) is 10.7 Å². The molecule has 0 fully saturated rings. The van der Waals surface area contributed by atoms with Gasteiger partial charge in [0.1, 0.15) is 27.6 Å². The fourth-order valence-electron chi connectivity index (χ4n) is 4.29. The van der Waals surface area contributed by atoms with E-state index in [4.69, 9.17) is 38.7 Å². The summed E-state index contributed by atoms with van der Waals surface area (Å²) in [7, 11) is -3.72. The minimum Gasteiger partial charge on any atom is -0.490 e. The zero-order valence-electron chi connectivity index (χ0n) is 18.5. The van der Waals surface area contributed by atoms with Crippen molar-refractivity contribution in [3.8, 4) is 5.75 Å². The molecule has 0 spiro atoms. The Morgan fingerprint density at radius 2 is 1.94 bits per heavy atom. The summed E-state index contributed by atoms with van der Waals surface area (Å²) in [4.78, 5) is 21.5. The van der Waals surface area contributed by atoms with Gasteiger partial charge in [-0.3, -0.25) is 9.79 Å². The lowest BCUT2D eigenvalue weighted by molar-refractivity contribution is 0.102. The number of rotatable bonds is 2. The lowest BCUT2D eigenvalue weighted by Crippen LogP contribution is -2.60. The first-order valence-corrected chi connectivity index (χ1v) is 12.6. The molecule has 0 radical (unpaired) electrons. The monoisotopic (exact) mass is 510 g/mol. The molecule has 0 saturated heterocycles. The number of amidine groups is 1. The molecular formula is C22H24Cl2N4O4S. The molecule has 1 aromatic heterocycles. The van der Waals surface area contributed by atoms with Crippen molar-refractivity contribution in [2.45, 2.75) is 55.8 Å². The van der Waals surface area contributed by atoms with Crippen LogP contribution < -0.4 is 15.8 Å². The van der Waals surface area contributed by atoms with Crippen LogP contribution in [0.2, 0.25) is 10.0 Å². The maximum atomic E-state index is 13.6. The van der Waals surface area contributed by atoms with Gasteiger partial charge in [-0.2, -0.15) is 0 Å². The third kappa shape index (κ3) is 3.76. The quantitative estimate of drug-likeness (QED) is 0.629. The Hall–Kier alpha value is -2.36. The van der Waals surface area contributed by atoms with Crippen LogP contribution in [0.5, 0.6) is 5.75 Å². The maximum absolute atomic E-state index is 13.6. The molecule has 176 valence electrons. The maximum Gasteiger partial charge on any atom is 0.275 e. The van der Waals surface area contributed by atoms with Gasteiger partial charge in [0.05, 0.1) is 21.4 Å². The summed E-state index contributed by atoms with van der Waals surface area (Å²) in [6.07, 6.45) is 1.21. The molecule has 33 heavy (non-hydrogen) atoms. The summed E-state index contributed by atoms with van der Waals surface area (Å²) < 4.78 is 31.9. The molecule has 0 unspecified atom stereocenters. The molecule has 3 N–H and O–H groups in total. The molecule has 0 aliphatic carbocycles. The first kappa shape index (κ1) is 23.8. The average molecular weight is 511 g/mol. The van der Waals surface area contributed by atoms with Crippen molar-refractivity contribution >= 4 is 50.5 Å². The first-order chi connectivity index (χ1) is 15.3. The number of hydrogen-bond donors (Lipinski definition) is 2. The number of anilines is 1. The van der Waals surface area contributed by atoms with Crippen LogP contribution in [0.1, 0.15) is 50.2 Å². The van der Waals surface area contributed by atoms with Gasteiger partial charge in [-0.05, 0) is 52.0 Å². The number of sulfone groups is 1. The van der Waals surface area contributed by atoms with Crippen LogP contribution in [-0.4, -0.2) is 41.2 Å². The smallest absolute Gasteiger partial charge is 0.275 e. The van der Waals surface area contributed by atoms with E-state index >= 15 is 0 Å². The molecule has 3 atom stereocenters. The minimum atomic E-state index is -3.72. The summed E-state index contributed by atoms with van der Waals surface area (Å²) >= 11 is 12.0. The number of nitrogens with zero attached hydrogens (tertiary/aromatic N) is 2. The highest BCUT2D eigenvalue weighted by molar-refractivity contribution is 7.94. The number of carbonyl (C=O) groups excluding carboxylic acids is 1. The van der Waals surface area contributed by atoms with Crippen LogP contribution in [0.4, 0.5) is 5.69 Å². The zero-order chi connectivity index (χ0) is 24.3. The molecule has 11 heteroatoms. The van der Waals surface area contributed by atoms with E-state index in [-0.39, 0.29) is 29.1 Å². The number of hydrogen-bond acceptors (Lipinski definition) is 7. The lowest BCUT2D eigenvalue weighted by Gasteiger charge is -2.43. The summed E-state index contributed by atoms with van der Waals surface area (Å²) in [5, 5.41) is 2.31. The van der Waals surface area contributed by atoms with E-state index in [9.17, 15) is 13.2 Å². The van der Waals surface area contributed by atoms with Crippen molar-refractivity contribution < 1.29 is 17.9 Å². The van der Waals surface area contributed by atoms with Gasteiger partial charge in [0.15, 0.2) is 9.84 Å². The molecule has 2 aliphatic rings. The number of fused-ring (bicyclic) bond motifs is 3. The summed E-state index contributed by atoms with van der Waals surface area (Å²) in [6.45, 7) is 6.69. The van der Waals surface area contributed by atoms with Gasteiger partial charge >= 0.3 is 0 Å². The minimum absolute atomic E-state index is 0.00855. The Labute approximate surface area is 202 Å². The molecule has 3 heterocycles. The highest BCUT2D eigenvalue weighted by atomic mass is 35.5. The largest absolute Gasteiger partial charge is 0.490 e. The predicted molar refractivity (Wildman–Crippen MR) is 129 cm³/mol. The number of aromatic nitrogens is 1. The van der Waals surface area contributed by atoms with Gasteiger partial charge in [0, 0.05) is 23.9 Å². The van der Waals surface area contributed by atoms with Crippen molar-refractivity contribution in [1.29, 1.82) is 0 Å². The molecule has 1 amide bonds. The van der Waals surface area contributed by atoms with E-state index in [1.54, 1.807) is 39.0 Å². The Kier molecular flexibility index (Phi) is 5.66. The van der Waals surface area contributed by atoms with E-state index in [0.717, 1.165) is 0 Å². The second-order valence-corrected chi connectivity index (χ2v) is 12.5. The van der Waals surface area contributed by atoms with Crippen LogP contribution >= 0.6 is 23.2 Å². The van der Waals surface area contributed by atoms with Crippen molar-refractivity contribution in [1.82, 2.24) is 4.98 Å². The van der Waals surface area contributed by atoms with E-state index in [1.807, 2.05) is 6.92 Å². The summed E-state index contributed by atoms with van der Waals surface area (Å²) in [5.74, 6) is -0.0189.